The Morgan fingerprint density at radius 2 is 0.707 bits per heavy atom. The van der Waals surface area contributed by atoms with Crippen LogP contribution >= 0.6 is 11.6 Å². The molecule has 4 aromatic carbocycles. The normalized spacial score (nSPS) is 12.5. The number of hydrogen-bond donors (Lipinski definition) is 0. The second-order valence-corrected chi connectivity index (χ2v) is 47.2. The average Bonchev–Trinajstić information content (AvgIpc) is 1.80. The zero-order valence-corrected chi connectivity index (χ0v) is 91.3. The first-order valence-electron chi connectivity index (χ1n) is 46.8. The Morgan fingerprint density at radius 1 is 0.279 bits per heavy atom. The highest BCUT2D eigenvalue weighted by Crippen LogP contribution is 2.40. The molecule has 9 nitrogen and oxygen atoms in total. The zero-order chi connectivity index (χ0) is 108. The molecule has 1 saturated carbocycles. The Morgan fingerprint density at radius 3 is 1.06 bits per heavy atom. The van der Waals surface area contributed by atoms with Gasteiger partial charge < -0.3 is 4.74 Å². The standard InChI is InChI=1S/C12H15F3O.3C11H15F.C11H16N2.C10H14ClN.2C10H12F3N.C10H14FN.2C10H15N.CH4/c1-8-5-6-9(11(2,3)4)7-10(8)16-12(13,14)15;2*1-8-5-9(11(2,3)4)7-10(12)6-8;1-8-5-6-9(7-10(8)12)11(2,3)4;1-11(2,3)10-7-12-9(6-13-10)8-4-5-8;1-7-5-8(11)9(12-6-7)10(2,3)4;1-9(2,3)8-6-7(4-5-14-8)10(11,12)13;1-9(2,3)7-5-4-6-8(14-7)10(11,12)13;1-7-5-8(11)9(12-6-7)10(2,3)4;1-8-5-6-9(11-7-8)10(2,3)4;1-8-6-5-7-11-9(8)10(2,3)4;/h5-7H,1-4H3;3*5-7H,1-4H3;6-8H,4-5H2,1-3H3;5-6H,1-4H3;2*4-6H,1-3H3;5-6H,1-4H3;2*5-7H,1-4H3;1H4. The molecule has 0 aliphatic heterocycles. The first kappa shape index (κ1) is 128. The molecule has 0 saturated heterocycles. The molecule has 0 atom stereocenters. The fourth-order valence-corrected chi connectivity index (χ4v) is 12.9. The highest BCUT2D eigenvalue weighted by molar-refractivity contribution is 6.31. The highest BCUT2D eigenvalue weighted by Gasteiger charge is 2.36. The molecule has 1 aliphatic carbocycles. The molecule has 0 spiro atoms. The van der Waals surface area contributed by atoms with Crippen molar-refractivity contribution in [2.75, 3.05) is 0 Å². The molecule has 7 heterocycles. The molecule has 774 valence electrons. The summed E-state index contributed by atoms with van der Waals surface area (Å²) in [7, 11) is 0. The van der Waals surface area contributed by atoms with Crippen LogP contribution in [0.4, 0.5) is 57.1 Å². The van der Waals surface area contributed by atoms with Crippen LogP contribution in [-0.2, 0) is 71.9 Å². The first-order valence-corrected chi connectivity index (χ1v) is 47.2. The SMILES string of the molecule is C.CC(C)(C)c1cc(C(F)(F)F)ccn1.CC(C)(C)c1cccc(C(F)(F)F)n1.CC(C)(C)c1cnc(C2CC2)cn1.Cc1cc(F)cc(C(C)(C)C)c1.Cc1cc(F)cc(C(C)(C)C)c1.Cc1ccc(C(C)(C)C)cc1F.Cc1ccc(C(C)(C)C)cc1OC(F)(F)F.Cc1ccc(C(C)(C)C)nc1.Cc1cccnc1C(C)(C)C.Cc1cnc(C(C)(C)C)c(Cl)c1.Cc1cnc(C(C)(C)C)c(F)c1. The summed E-state index contributed by atoms with van der Waals surface area (Å²) in [5.41, 5.74) is 16.6. The van der Waals surface area contributed by atoms with Crippen LogP contribution in [0.2, 0.25) is 5.02 Å². The maximum absolute atomic E-state index is 13.3. The van der Waals surface area contributed by atoms with Crippen LogP contribution in [0, 0.1) is 78.7 Å². The van der Waals surface area contributed by atoms with Crippen LogP contribution < -0.4 is 4.74 Å². The number of halogens is 14. The molecule has 0 unspecified atom stereocenters. The van der Waals surface area contributed by atoms with E-state index in [1.54, 1.807) is 62.5 Å². The number of ether oxygens (including phenoxy) is 1. The molecule has 1 aliphatic rings. The topological polar surface area (TPSA) is 112 Å². The Kier molecular flexibility index (Phi) is 47.4. The highest BCUT2D eigenvalue weighted by atomic mass is 35.5. The van der Waals surface area contributed by atoms with Gasteiger partial charge in [0.2, 0.25) is 0 Å². The van der Waals surface area contributed by atoms with Crippen molar-refractivity contribution in [2.45, 2.75) is 388 Å². The fourth-order valence-electron chi connectivity index (χ4n) is 12.4. The summed E-state index contributed by atoms with van der Waals surface area (Å²) in [6.45, 7) is 82.5. The van der Waals surface area contributed by atoms with E-state index in [1.165, 1.54) is 59.8 Å². The van der Waals surface area contributed by atoms with E-state index >= 15 is 0 Å². The number of benzene rings is 4. The summed E-state index contributed by atoms with van der Waals surface area (Å²) in [6.07, 6.45) is 1.69. The van der Waals surface area contributed by atoms with Gasteiger partial charge in [0.25, 0.3) is 0 Å². The molecular formula is C117H162ClF13N8O. The quantitative estimate of drug-likeness (QED) is 0.156. The van der Waals surface area contributed by atoms with Crippen LogP contribution in [0.15, 0.2) is 183 Å². The number of aryl methyl sites for hydroxylation is 8. The summed E-state index contributed by atoms with van der Waals surface area (Å²) in [6, 6.07) is 38.5. The third-order valence-corrected chi connectivity index (χ3v) is 21.3. The minimum Gasteiger partial charge on any atom is -0.406 e. The summed E-state index contributed by atoms with van der Waals surface area (Å²) < 4.78 is 167. The van der Waals surface area contributed by atoms with Gasteiger partial charge in [-0.2, -0.15) is 26.3 Å². The predicted octanol–water partition coefficient (Wildman–Crippen LogP) is 36.1. The van der Waals surface area contributed by atoms with E-state index in [9.17, 15) is 57.1 Å². The van der Waals surface area contributed by atoms with E-state index in [0.29, 0.717) is 34.1 Å². The number of rotatable bonds is 2. The van der Waals surface area contributed by atoms with Gasteiger partial charge in [-0.25, -0.2) is 22.5 Å². The Labute approximate surface area is 837 Å². The molecule has 140 heavy (non-hydrogen) atoms. The van der Waals surface area contributed by atoms with Crippen molar-refractivity contribution in [1.29, 1.82) is 0 Å². The molecular weight excluding hydrogens is 1820 g/mol. The van der Waals surface area contributed by atoms with Gasteiger partial charge in [-0.3, -0.25) is 34.9 Å². The van der Waals surface area contributed by atoms with Crippen LogP contribution in [0.5, 0.6) is 5.75 Å². The van der Waals surface area contributed by atoms with Crippen molar-refractivity contribution >= 4 is 11.6 Å². The van der Waals surface area contributed by atoms with E-state index in [4.69, 9.17) is 11.6 Å². The van der Waals surface area contributed by atoms with Gasteiger partial charge >= 0.3 is 18.7 Å². The molecule has 23 heteroatoms. The van der Waals surface area contributed by atoms with Crippen molar-refractivity contribution in [3.05, 3.63) is 335 Å². The summed E-state index contributed by atoms with van der Waals surface area (Å²) in [5, 5.41) is 0.766. The minimum atomic E-state index is -4.64. The molecule has 11 aromatic rings. The van der Waals surface area contributed by atoms with Gasteiger partial charge in [-0.15, -0.1) is 13.2 Å². The van der Waals surface area contributed by atoms with Crippen molar-refractivity contribution < 1.29 is 61.8 Å². The van der Waals surface area contributed by atoms with Crippen LogP contribution in [0.25, 0.3) is 0 Å². The lowest BCUT2D eigenvalue weighted by Crippen LogP contribution is -2.19. The second kappa shape index (κ2) is 51.8. The van der Waals surface area contributed by atoms with Crippen molar-refractivity contribution in [2.24, 2.45) is 0 Å². The summed E-state index contributed by atoms with van der Waals surface area (Å²) in [5.74, 6) is -0.00813. The number of aromatic nitrogens is 8. The van der Waals surface area contributed by atoms with Gasteiger partial charge in [-0.05, 0) is 242 Å². The third-order valence-electron chi connectivity index (χ3n) is 21.0. The van der Waals surface area contributed by atoms with Gasteiger partial charge in [-0.1, -0.05) is 302 Å². The number of nitrogens with zero attached hydrogens (tertiary/aromatic N) is 8. The smallest absolute Gasteiger partial charge is 0.406 e. The number of pyridine rings is 6. The minimum absolute atomic E-state index is 0. The lowest BCUT2D eigenvalue weighted by molar-refractivity contribution is -0.274. The number of alkyl halides is 9. The van der Waals surface area contributed by atoms with E-state index in [-0.39, 0.29) is 96.0 Å². The van der Waals surface area contributed by atoms with Gasteiger partial charge in [0.05, 0.1) is 33.4 Å². The number of hydrogen-bond acceptors (Lipinski definition) is 9. The Hall–Kier alpha value is -9.96. The average molecular weight is 1980 g/mol. The molecule has 12 rings (SSSR count). The second-order valence-electron chi connectivity index (χ2n) is 46.8. The summed E-state index contributed by atoms with van der Waals surface area (Å²) >= 11 is 6.05. The lowest BCUT2D eigenvalue weighted by atomic mass is 9.86. The van der Waals surface area contributed by atoms with Gasteiger partial charge in [0.1, 0.15) is 34.7 Å². The van der Waals surface area contributed by atoms with Gasteiger partial charge in [0, 0.05) is 110 Å². The third kappa shape index (κ3) is 48.2. The van der Waals surface area contributed by atoms with E-state index in [2.05, 4.69) is 222 Å². The maximum atomic E-state index is 13.3. The van der Waals surface area contributed by atoms with Crippen LogP contribution in [0.1, 0.15) is 378 Å². The monoisotopic (exact) mass is 1980 g/mol. The maximum Gasteiger partial charge on any atom is 0.573 e. The van der Waals surface area contributed by atoms with Crippen LogP contribution in [0.3, 0.4) is 0 Å². The zero-order valence-electron chi connectivity index (χ0n) is 90.6. The molecule has 0 N–H and O–H groups in total. The first-order chi connectivity index (χ1) is 62.6. The molecule has 1 fully saturated rings. The van der Waals surface area contributed by atoms with Gasteiger partial charge in [0.15, 0.2) is 0 Å². The van der Waals surface area contributed by atoms with E-state index < -0.39 is 30.0 Å². The fraction of sp³-hybridized carbons (Fsp3) is 0.504. The lowest BCUT2D eigenvalue weighted by Gasteiger charge is -2.21. The summed E-state index contributed by atoms with van der Waals surface area (Å²) in [4.78, 5) is 33.5. The van der Waals surface area contributed by atoms with Crippen LogP contribution in [-0.4, -0.2) is 46.2 Å². The molecule has 0 radical (unpaired) electrons. The van der Waals surface area contributed by atoms with E-state index in [1.807, 2.05) is 184 Å². The molecule has 0 bridgehead atoms. The Bertz CT molecular complexity index is 5330. The molecule has 7 aromatic heterocycles. The van der Waals surface area contributed by atoms with Crippen molar-refractivity contribution in [1.82, 2.24) is 39.9 Å². The Balaban J connectivity index is 0.000000771. The predicted molar refractivity (Wildman–Crippen MR) is 557 cm³/mol. The molecule has 0 amide bonds. The van der Waals surface area contributed by atoms with E-state index in [0.717, 1.165) is 84.8 Å². The largest absolute Gasteiger partial charge is 0.573 e. The van der Waals surface area contributed by atoms with Crippen molar-refractivity contribution in [3.8, 4) is 5.75 Å². The van der Waals surface area contributed by atoms with Crippen molar-refractivity contribution in [3.63, 3.8) is 0 Å².